The number of methoxy groups -OCH3 is 2. The first-order valence-corrected chi connectivity index (χ1v) is 9.99. The van der Waals surface area contributed by atoms with Crippen molar-refractivity contribution in [1.82, 2.24) is 4.90 Å². The molecule has 0 saturated carbocycles. The van der Waals surface area contributed by atoms with Gasteiger partial charge in [0.25, 0.3) is 5.91 Å². The molecule has 1 atom stereocenters. The van der Waals surface area contributed by atoms with Crippen molar-refractivity contribution in [1.29, 1.82) is 0 Å². The van der Waals surface area contributed by atoms with Gasteiger partial charge >= 0.3 is 0 Å². The quantitative estimate of drug-likeness (QED) is 0.560. The summed E-state index contributed by atoms with van der Waals surface area (Å²) in [4.78, 5) is 15.0. The SMILES string of the molecule is COc1ccc(OC)c(C2CCCN2C(=O)c2ccc(COc3ccccc3)o2)c1. The van der Waals surface area contributed by atoms with Gasteiger partial charge < -0.3 is 23.5 Å². The van der Waals surface area contributed by atoms with Crippen LogP contribution in [-0.2, 0) is 6.61 Å². The number of amides is 1. The minimum Gasteiger partial charge on any atom is -0.497 e. The van der Waals surface area contributed by atoms with Crippen LogP contribution in [0.3, 0.4) is 0 Å². The summed E-state index contributed by atoms with van der Waals surface area (Å²) < 4.78 is 22.4. The highest BCUT2D eigenvalue weighted by Crippen LogP contribution is 2.39. The minimum absolute atomic E-state index is 0.0864. The van der Waals surface area contributed by atoms with Crippen molar-refractivity contribution in [3.8, 4) is 17.2 Å². The third kappa shape index (κ3) is 4.13. The first-order valence-electron chi connectivity index (χ1n) is 9.99. The van der Waals surface area contributed by atoms with Gasteiger partial charge in [0.2, 0.25) is 0 Å². The predicted molar refractivity (Wildman–Crippen MR) is 112 cm³/mol. The van der Waals surface area contributed by atoms with Crippen molar-refractivity contribution >= 4 is 5.91 Å². The van der Waals surface area contributed by atoms with Gasteiger partial charge in [-0.3, -0.25) is 4.79 Å². The second-order valence-electron chi connectivity index (χ2n) is 7.13. The van der Waals surface area contributed by atoms with E-state index in [1.807, 2.05) is 53.4 Å². The molecule has 0 radical (unpaired) electrons. The Morgan fingerprint density at radius 3 is 2.63 bits per heavy atom. The maximum atomic E-state index is 13.2. The summed E-state index contributed by atoms with van der Waals surface area (Å²) >= 11 is 0. The maximum absolute atomic E-state index is 13.2. The Hall–Kier alpha value is -3.41. The zero-order chi connectivity index (χ0) is 20.9. The van der Waals surface area contributed by atoms with Crippen molar-refractivity contribution in [3.05, 3.63) is 77.7 Å². The molecule has 1 amide bonds. The monoisotopic (exact) mass is 407 g/mol. The van der Waals surface area contributed by atoms with E-state index in [1.54, 1.807) is 26.4 Å². The highest BCUT2D eigenvalue weighted by molar-refractivity contribution is 5.92. The molecule has 0 aliphatic carbocycles. The summed E-state index contributed by atoms with van der Waals surface area (Å²) in [5, 5.41) is 0. The fourth-order valence-electron chi connectivity index (χ4n) is 3.82. The number of furan rings is 1. The van der Waals surface area contributed by atoms with Gasteiger partial charge in [-0.2, -0.15) is 0 Å². The van der Waals surface area contributed by atoms with Crippen molar-refractivity contribution in [2.75, 3.05) is 20.8 Å². The largest absolute Gasteiger partial charge is 0.497 e. The van der Waals surface area contributed by atoms with Crippen LogP contribution in [0.25, 0.3) is 0 Å². The fraction of sp³-hybridized carbons (Fsp3) is 0.292. The van der Waals surface area contributed by atoms with Crippen LogP contribution in [0.4, 0.5) is 0 Å². The molecule has 1 aliphatic rings. The standard InChI is InChI=1S/C24H25NO5/c1-27-18-10-12-22(28-2)20(15-18)21-9-6-14-25(21)24(26)23-13-11-19(30-23)16-29-17-7-4-3-5-8-17/h3-5,7-8,10-13,15,21H,6,9,14,16H2,1-2H3. The van der Waals surface area contributed by atoms with Crippen molar-refractivity contribution in [2.24, 2.45) is 0 Å². The number of hydrogen-bond acceptors (Lipinski definition) is 5. The third-order valence-electron chi connectivity index (χ3n) is 5.31. The van der Waals surface area contributed by atoms with Gasteiger partial charge in [-0.1, -0.05) is 18.2 Å². The van der Waals surface area contributed by atoms with Gasteiger partial charge in [0.1, 0.15) is 29.6 Å². The first kappa shape index (κ1) is 19.9. The number of para-hydroxylation sites is 1. The van der Waals surface area contributed by atoms with Gasteiger partial charge in [-0.15, -0.1) is 0 Å². The third-order valence-corrected chi connectivity index (χ3v) is 5.31. The van der Waals surface area contributed by atoms with Gasteiger partial charge in [0, 0.05) is 12.1 Å². The van der Waals surface area contributed by atoms with Gasteiger partial charge in [-0.05, 0) is 55.3 Å². The van der Waals surface area contributed by atoms with E-state index in [4.69, 9.17) is 18.6 Å². The Morgan fingerprint density at radius 2 is 1.87 bits per heavy atom. The summed E-state index contributed by atoms with van der Waals surface area (Å²) in [6.45, 7) is 0.935. The van der Waals surface area contributed by atoms with E-state index < -0.39 is 0 Å². The molecule has 1 fully saturated rings. The molecule has 156 valence electrons. The van der Waals surface area contributed by atoms with Gasteiger partial charge in [-0.25, -0.2) is 0 Å². The molecule has 1 saturated heterocycles. The van der Waals surface area contributed by atoms with Gasteiger partial charge in [0.05, 0.1) is 20.3 Å². The van der Waals surface area contributed by atoms with Crippen LogP contribution < -0.4 is 14.2 Å². The molecule has 4 rings (SSSR count). The smallest absolute Gasteiger partial charge is 0.290 e. The average molecular weight is 407 g/mol. The lowest BCUT2D eigenvalue weighted by Gasteiger charge is -2.26. The molecule has 2 heterocycles. The zero-order valence-corrected chi connectivity index (χ0v) is 17.2. The number of carbonyl (C=O) groups is 1. The van der Waals surface area contributed by atoms with E-state index >= 15 is 0 Å². The van der Waals surface area contributed by atoms with Crippen LogP contribution in [0.2, 0.25) is 0 Å². The lowest BCUT2D eigenvalue weighted by atomic mass is 10.0. The molecule has 0 bridgehead atoms. The summed E-state index contributed by atoms with van der Waals surface area (Å²) in [6.07, 6.45) is 1.78. The van der Waals surface area contributed by atoms with E-state index in [1.165, 1.54) is 0 Å². The molecule has 2 aromatic carbocycles. The number of ether oxygens (including phenoxy) is 3. The van der Waals surface area contributed by atoms with Crippen molar-refractivity contribution < 1.29 is 23.4 Å². The topological polar surface area (TPSA) is 61.1 Å². The molecule has 0 spiro atoms. The molecule has 3 aromatic rings. The summed E-state index contributed by atoms with van der Waals surface area (Å²) in [5.41, 5.74) is 0.946. The lowest BCUT2D eigenvalue weighted by molar-refractivity contribution is 0.0697. The van der Waals surface area contributed by atoms with Crippen LogP contribution in [0.15, 0.2) is 65.1 Å². The van der Waals surface area contributed by atoms with E-state index in [0.717, 1.165) is 35.7 Å². The lowest BCUT2D eigenvalue weighted by Crippen LogP contribution is -2.30. The maximum Gasteiger partial charge on any atom is 0.290 e. The molecule has 1 unspecified atom stereocenters. The Kier molecular flexibility index (Phi) is 5.93. The summed E-state index contributed by atoms with van der Waals surface area (Å²) in [7, 11) is 3.27. The number of likely N-dealkylation sites (tertiary alicyclic amines) is 1. The molecule has 30 heavy (non-hydrogen) atoms. The highest BCUT2D eigenvalue weighted by Gasteiger charge is 2.34. The number of hydrogen-bond donors (Lipinski definition) is 0. The highest BCUT2D eigenvalue weighted by atomic mass is 16.5. The Balaban J connectivity index is 1.50. The van der Waals surface area contributed by atoms with E-state index in [-0.39, 0.29) is 18.6 Å². The second kappa shape index (κ2) is 8.95. The molecule has 0 N–H and O–H groups in total. The molecule has 1 aromatic heterocycles. The van der Waals surface area contributed by atoms with Gasteiger partial charge in [0.15, 0.2) is 5.76 Å². The van der Waals surface area contributed by atoms with E-state index in [2.05, 4.69) is 0 Å². The Labute approximate surface area is 176 Å². The number of benzene rings is 2. The van der Waals surface area contributed by atoms with Crippen LogP contribution in [0.5, 0.6) is 17.2 Å². The van der Waals surface area contributed by atoms with Crippen LogP contribution in [-0.4, -0.2) is 31.6 Å². The average Bonchev–Trinajstić information content (AvgIpc) is 3.47. The second-order valence-corrected chi connectivity index (χ2v) is 7.13. The number of carbonyl (C=O) groups excluding carboxylic acids is 1. The molecule has 6 nitrogen and oxygen atoms in total. The zero-order valence-electron chi connectivity index (χ0n) is 17.2. The predicted octanol–water partition coefficient (Wildman–Crippen LogP) is 4.85. The van der Waals surface area contributed by atoms with Crippen LogP contribution in [0.1, 0.15) is 40.8 Å². The fourth-order valence-corrected chi connectivity index (χ4v) is 3.82. The summed E-state index contributed by atoms with van der Waals surface area (Å²) in [6, 6.07) is 18.6. The van der Waals surface area contributed by atoms with Crippen molar-refractivity contribution in [2.45, 2.75) is 25.5 Å². The molecular weight excluding hydrogens is 382 g/mol. The molecule has 6 heteroatoms. The van der Waals surface area contributed by atoms with Crippen LogP contribution in [0, 0.1) is 0 Å². The van der Waals surface area contributed by atoms with E-state index in [0.29, 0.717) is 18.1 Å². The number of rotatable bonds is 7. The first-order chi connectivity index (χ1) is 14.7. The summed E-state index contributed by atoms with van der Waals surface area (Å²) in [5.74, 6) is 3.03. The Morgan fingerprint density at radius 1 is 1.03 bits per heavy atom. The Bertz CT molecular complexity index is 998. The minimum atomic E-state index is -0.131. The molecular formula is C24H25NO5. The number of nitrogens with zero attached hydrogens (tertiary/aromatic N) is 1. The van der Waals surface area contributed by atoms with Crippen LogP contribution >= 0.6 is 0 Å². The van der Waals surface area contributed by atoms with E-state index in [9.17, 15) is 4.79 Å². The molecule has 1 aliphatic heterocycles. The normalized spacial score (nSPS) is 15.8. The van der Waals surface area contributed by atoms with Crippen molar-refractivity contribution in [3.63, 3.8) is 0 Å².